The number of ether oxygens (including phenoxy) is 2. The number of methoxy groups -OCH3 is 1. The van der Waals surface area contributed by atoms with Crippen molar-refractivity contribution in [1.82, 2.24) is 9.88 Å². The van der Waals surface area contributed by atoms with Crippen LogP contribution in [0.1, 0.15) is 48.9 Å². The summed E-state index contributed by atoms with van der Waals surface area (Å²) in [6.07, 6.45) is 6.38. The number of amides is 1. The zero-order chi connectivity index (χ0) is 16.4. The molecule has 0 radical (unpaired) electrons. The summed E-state index contributed by atoms with van der Waals surface area (Å²) >= 11 is 0. The lowest BCUT2D eigenvalue weighted by Gasteiger charge is -2.27. The van der Waals surface area contributed by atoms with Gasteiger partial charge in [-0.15, -0.1) is 0 Å². The SMILES string of the molecule is COc1c(C)cnc(CN2CC[C@]3(CCCO3)CCC2=O)c1C. The maximum Gasteiger partial charge on any atom is 0.223 e. The van der Waals surface area contributed by atoms with Gasteiger partial charge in [0.15, 0.2) is 0 Å². The molecule has 2 fully saturated rings. The summed E-state index contributed by atoms with van der Waals surface area (Å²) in [5.41, 5.74) is 2.91. The number of carbonyl (C=O) groups is 1. The van der Waals surface area contributed by atoms with Gasteiger partial charge in [0.25, 0.3) is 0 Å². The van der Waals surface area contributed by atoms with E-state index in [9.17, 15) is 4.79 Å². The molecule has 0 unspecified atom stereocenters. The predicted octanol–water partition coefficient (Wildman–Crippen LogP) is 2.77. The van der Waals surface area contributed by atoms with Gasteiger partial charge in [-0.05, 0) is 39.5 Å². The molecule has 3 heterocycles. The van der Waals surface area contributed by atoms with Gasteiger partial charge in [0, 0.05) is 36.9 Å². The molecule has 126 valence electrons. The van der Waals surface area contributed by atoms with Crippen molar-refractivity contribution in [3.05, 3.63) is 23.0 Å². The smallest absolute Gasteiger partial charge is 0.223 e. The molecular formula is C18H26N2O3. The average Bonchev–Trinajstić information content (AvgIpc) is 2.94. The first kappa shape index (κ1) is 16.2. The van der Waals surface area contributed by atoms with E-state index in [4.69, 9.17) is 9.47 Å². The molecule has 0 N–H and O–H groups in total. The molecule has 2 aliphatic rings. The molecule has 3 rings (SSSR count). The molecule has 1 atom stereocenters. The lowest BCUT2D eigenvalue weighted by atomic mass is 9.92. The number of hydrogen-bond donors (Lipinski definition) is 0. The number of aromatic nitrogens is 1. The van der Waals surface area contributed by atoms with Gasteiger partial charge in [-0.1, -0.05) is 0 Å². The standard InChI is InChI=1S/C18H26N2O3/c1-13-11-19-15(14(2)17(13)22-3)12-20-9-8-18(6-4-10-23-18)7-5-16(20)21/h11H,4-10,12H2,1-3H3/t18-/m0/s1. The van der Waals surface area contributed by atoms with Gasteiger partial charge >= 0.3 is 0 Å². The minimum Gasteiger partial charge on any atom is -0.496 e. The van der Waals surface area contributed by atoms with Gasteiger partial charge < -0.3 is 14.4 Å². The topological polar surface area (TPSA) is 51.7 Å². The fourth-order valence-electron chi connectivity index (χ4n) is 3.81. The quantitative estimate of drug-likeness (QED) is 0.860. The van der Waals surface area contributed by atoms with Crippen LogP contribution in [0, 0.1) is 13.8 Å². The van der Waals surface area contributed by atoms with Gasteiger partial charge in [-0.2, -0.15) is 0 Å². The summed E-state index contributed by atoms with van der Waals surface area (Å²) in [5.74, 6) is 1.07. The van der Waals surface area contributed by atoms with Crippen LogP contribution >= 0.6 is 0 Å². The first-order chi connectivity index (χ1) is 11.0. The molecule has 0 aliphatic carbocycles. The first-order valence-corrected chi connectivity index (χ1v) is 8.45. The molecule has 1 amide bonds. The summed E-state index contributed by atoms with van der Waals surface area (Å²) < 4.78 is 11.4. The zero-order valence-corrected chi connectivity index (χ0v) is 14.4. The Bertz CT molecular complexity index is 594. The average molecular weight is 318 g/mol. The first-order valence-electron chi connectivity index (χ1n) is 8.45. The Morgan fingerprint density at radius 1 is 1.35 bits per heavy atom. The highest BCUT2D eigenvalue weighted by Crippen LogP contribution is 2.36. The van der Waals surface area contributed by atoms with E-state index in [2.05, 4.69) is 4.98 Å². The molecule has 23 heavy (non-hydrogen) atoms. The Hall–Kier alpha value is -1.62. The summed E-state index contributed by atoms with van der Waals surface area (Å²) in [6, 6.07) is 0. The van der Waals surface area contributed by atoms with Crippen LogP contribution in [0.15, 0.2) is 6.20 Å². The Morgan fingerprint density at radius 2 is 2.17 bits per heavy atom. The van der Waals surface area contributed by atoms with Crippen molar-refractivity contribution >= 4 is 5.91 Å². The molecule has 5 nitrogen and oxygen atoms in total. The van der Waals surface area contributed by atoms with Crippen molar-refractivity contribution in [1.29, 1.82) is 0 Å². The monoisotopic (exact) mass is 318 g/mol. The Balaban J connectivity index is 1.76. The third-order valence-electron chi connectivity index (χ3n) is 5.26. The molecule has 2 aliphatic heterocycles. The van der Waals surface area contributed by atoms with E-state index in [1.54, 1.807) is 7.11 Å². The maximum absolute atomic E-state index is 12.5. The molecule has 1 spiro atoms. The van der Waals surface area contributed by atoms with Crippen LogP contribution in [-0.4, -0.2) is 41.7 Å². The Labute approximate surface area is 138 Å². The van der Waals surface area contributed by atoms with Crippen LogP contribution in [0.25, 0.3) is 0 Å². The lowest BCUT2D eigenvalue weighted by Crippen LogP contribution is -2.32. The number of rotatable bonds is 3. The summed E-state index contributed by atoms with van der Waals surface area (Å²) in [5, 5.41) is 0. The van der Waals surface area contributed by atoms with Gasteiger partial charge in [0.05, 0.1) is 24.9 Å². The van der Waals surface area contributed by atoms with E-state index < -0.39 is 0 Å². The molecule has 0 bridgehead atoms. The molecule has 1 aromatic rings. The highest BCUT2D eigenvalue weighted by atomic mass is 16.5. The Morgan fingerprint density at radius 3 is 2.87 bits per heavy atom. The number of likely N-dealkylation sites (tertiary alicyclic amines) is 1. The minimum absolute atomic E-state index is 0.0577. The maximum atomic E-state index is 12.5. The predicted molar refractivity (Wildman–Crippen MR) is 87.4 cm³/mol. The van der Waals surface area contributed by atoms with Crippen molar-refractivity contribution in [2.75, 3.05) is 20.3 Å². The number of aryl methyl sites for hydroxylation is 1. The normalized spacial score (nSPS) is 25.0. The van der Waals surface area contributed by atoms with E-state index in [-0.39, 0.29) is 11.5 Å². The van der Waals surface area contributed by atoms with Gasteiger partial charge in [0.2, 0.25) is 5.91 Å². The highest BCUT2D eigenvalue weighted by molar-refractivity contribution is 5.76. The molecule has 2 saturated heterocycles. The van der Waals surface area contributed by atoms with Crippen LogP contribution in [0.4, 0.5) is 0 Å². The third-order valence-corrected chi connectivity index (χ3v) is 5.26. The van der Waals surface area contributed by atoms with Gasteiger partial charge in [-0.25, -0.2) is 0 Å². The van der Waals surface area contributed by atoms with E-state index in [0.717, 1.165) is 61.4 Å². The number of carbonyl (C=O) groups excluding carboxylic acids is 1. The van der Waals surface area contributed by atoms with Gasteiger partial charge in [-0.3, -0.25) is 9.78 Å². The van der Waals surface area contributed by atoms with Crippen LogP contribution in [0.2, 0.25) is 0 Å². The van der Waals surface area contributed by atoms with Crippen molar-refractivity contribution in [2.24, 2.45) is 0 Å². The summed E-state index contributed by atoms with van der Waals surface area (Å²) in [7, 11) is 1.68. The molecule has 5 heteroatoms. The van der Waals surface area contributed by atoms with Crippen molar-refractivity contribution < 1.29 is 14.3 Å². The van der Waals surface area contributed by atoms with E-state index in [1.165, 1.54) is 0 Å². The molecule has 0 aromatic carbocycles. The van der Waals surface area contributed by atoms with Crippen LogP contribution in [0.3, 0.4) is 0 Å². The summed E-state index contributed by atoms with van der Waals surface area (Å²) in [4.78, 5) is 19.0. The van der Waals surface area contributed by atoms with Crippen LogP contribution < -0.4 is 4.74 Å². The van der Waals surface area contributed by atoms with Gasteiger partial charge in [0.1, 0.15) is 5.75 Å². The third kappa shape index (κ3) is 3.20. The van der Waals surface area contributed by atoms with E-state index in [0.29, 0.717) is 13.0 Å². The summed E-state index contributed by atoms with van der Waals surface area (Å²) in [6.45, 7) is 6.14. The fourth-order valence-corrected chi connectivity index (χ4v) is 3.81. The molecule has 0 saturated carbocycles. The van der Waals surface area contributed by atoms with Crippen molar-refractivity contribution in [2.45, 2.75) is 58.1 Å². The number of nitrogens with zero attached hydrogens (tertiary/aromatic N) is 2. The second-order valence-electron chi connectivity index (χ2n) is 6.75. The fraction of sp³-hybridized carbons (Fsp3) is 0.667. The Kier molecular flexibility index (Phi) is 4.57. The zero-order valence-electron chi connectivity index (χ0n) is 14.4. The number of hydrogen-bond acceptors (Lipinski definition) is 4. The minimum atomic E-state index is -0.0577. The molecular weight excluding hydrogens is 292 g/mol. The lowest BCUT2D eigenvalue weighted by molar-refractivity contribution is -0.131. The van der Waals surface area contributed by atoms with E-state index in [1.807, 2.05) is 24.9 Å². The van der Waals surface area contributed by atoms with Crippen molar-refractivity contribution in [3.8, 4) is 5.75 Å². The van der Waals surface area contributed by atoms with Crippen LogP contribution in [-0.2, 0) is 16.1 Å². The largest absolute Gasteiger partial charge is 0.496 e. The number of pyridine rings is 1. The van der Waals surface area contributed by atoms with Crippen molar-refractivity contribution in [3.63, 3.8) is 0 Å². The molecule has 1 aromatic heterocycles. The second kappa shape index (κ2) is 6.48. The van der Waals surface area contributed by atoms with E-state index >= 15 is 0 Å². The highest BCUT2D eigenvalue weighted by Gasteiger charge is 2.38. The van der Waals surface area contributed by atoms with Crippen LogP contribution in [0.5, 0.6) is 5.75 Å². The second-order valence-corrected chi connectivity index (χ2v) is 6.75.